The van der Waals surface area contributed by atoms with Gasteiger partial charge in [-0.2, -0.15) is 18.4 Å². The molecule has 0 unspecified atom stereocenters. The zero-order valence-electron chi connectivity index (χ0n) is 13.4. The van der Waals surface area contributed by atoms with Gasteiger partial charge in [0, 0.05) is 0 Å². The number of rotatable bonds is 5. The molecule has 8 heteroatoms. The van der Waals surface area contributed by atoms with E-state index in [-0.39, 0.29) is 5.92 Å². The van der Waals surface area contributed by atoms with E-state index in [0.717, 1.165) is 18.2 Å². The van der Waals surface area contributed by atoms with Gasteiger partial charge in [0.2, 0.25) is 0 Å². The Morgan fingerprint density at radius 1 is 1.29 bits per heavy atom. The van der Waals surface area contributed by atoms with Crippen molar-refractivity contribution in [1.29, 1.82) is 5.26 Å². The third kappa shape index (κ3) is 4.72. The molecule has 1 rings (SSSR count). The summed E-state index contributed by atoms with van der Waals surface area (Å²) in [6.45, 7) is 4.15. The Morgan fingerprint density at radius 3 is 2.38 bits per heavy atom. The molecule has 1 N–H and O–H groups in total. The van der Waals surface area contributed by atoms with Gasteiger partial charge in [0.05, 0.1) is 17.2 Å². The van der Waals surface area contributed by atoms with E-state index in [1.54, 1.807) is 13.8 Å². The maximum Gasteiger partial charge on any atom is 0.417 e. The number of alkyl halides is 3. The molecule has 1 atom stereocenters. The predicted molar refractivity (Wildman–Crippen MR) is 78.7 cm³/mol. The van der Waals surface area contributed by atoms with Crippen molar-refractivity contribution < 1.29 is 27.5 Å². The Kier molecular flexibility index (Phi) is 5.96. The molecular weight excluding hydrogens is 325 g/mol. The average molecular weight is 342 g/mol. The quantitative estimate of drug-likeness (QED) is 0.835. The molecule has 1 aromatic rings. The van der Waals surface area contributed by atoms with E-state index in [1.807, 2.05) is 6.07 Å². The lowest BCUT2D eigenvalue weighted by Gasteiger charge is -2.27. The highest BCUT2D eigenvalue weighted by Gasteiger charge is 2.35. The number of nitriles is 1. The third-order valence-electron chi connectivity index (χ3n) is 3.57. The summed E-state index contributed by atoms with van der Waals surface area (Å²) < 4.78 is 43.2. The van der Waals surface area contributed by atoms with Gasteiger partial charge >= 0.3 is 12.1 Å². The van der Waals surface area contributed by atoms with Gasteiger partial charge in [-0.05, 0) is 25.0 Å². The Balaban J connectivity index is 2.78. The minimum absolute atomic E-state index is 0.215. The van der Waals surface area contributed by atoms with E-state index in [9.17, 15) is 22.8 Å². The molecule has 0 spiro atoms. The lowest BCUT2D eigenvalue weighted by atomic mass is 9.90. The first-order chi connectivity index (χ1) is 11.0. The monoisotopic (exact) mass is 342 g/mol. The third-order valence-corrected chi connectivity index (χ3v) is 3.57. The molecule has 1 amide bonds. The van der Waals surface area contributed by atoms with Crippen LogP contribution < -0.4 is 5.32 Å². The average Bonchev–Trinajstić information content (AvgIpc) is 2.51. The van der Waals surface area contributed by atoms with Crippen molar-refractivity contribution in [3.05, 3.63) is 35.4 Å². The number of esters is 1. The molecule has 0 fully saturated rings. The van der Waals surface area contributed by atoms with Crippen molar-refractivity contribution in [2.75, 3.05) is 6.61 Å². The number of hydrogen-bond donors (Lipinski definition) is 1. The highest BCUT2D eigenvalue weighted by molar-refractivity contribution is 5.93. The van der Waals surface area contributed by atoms with E-state index in [1.165, 1.54) is 13.0 Å². The molecule has 0 heterocycles. The van der Waals surface area contributed by atoms with Crippen LogP contribution in [0.3, 0.4) is 0 Å². The standard InChI is InChI=1S/C16H17F3N2O3/c1-10(2)15(3,9-20)21-13(22)8-24-14(23)11-6-4-5-7-12(11)16(17,18)19/h4-7,10H,8H2,1-3H3,(H,21,22)/t15-/m0/s1. The van der Waals surface area contributed by atoms with Gasteiger partial charge in [-0.25, -0.2) is 4.79 Å². The van der Waals surface area contributed by atoms with Crippen molar-refractivity contribution in [2.45, 2.75) is 32.5 Å². The highest BCUT2D eigenvalue weighted by Crippen LogP contribution is 2.32. The first kappa shape index (κ1) is 19.5. The fourth-order valence-corrected chi connectivity index (χ4v) is 1.74. The Hall–Kier alpha value is -2.56. The second-order valence-corrected chi connectivity index (χ2v) is 5.64. The maximum absolute atomic E-state index is 12.8. The van der Waals surface area contributed by atoms with Crippen LogP contribution in [0, 0.1) is 17.2 Å². The Bertz CT molecular complexity index is 665. The van der Waals surface area contributed by atoms with Crippen molar-refractivity contribution in [1.82, 2.24) is 5.32 Å². The predicted octanol–water partition coefficient (Wildman–Crippen LogP) is 2.92. The summed E-state index contributed by atoms with van der Waals surface area (Å²) in [5.74, 6) is -2.25. The smallest absolute Gasteiger partial charge is 0.417 e. The summed E-state index contributed by atoms with van der Waals surface area (Å²) in [6.07, 6.45) is -4.71. The second-order valence-electron chi connectivity index (χ2n) is 5.64. The first-order valence-corrected chi connectivity index (χ1v) is 7.07. The number of nitrogens with zero attached hydrogens (tertiary/aromatic N) is 1. The van der Waals surface area contributed by atoms with Crippen LogP contribution in [0.2, 0.25) is 0 Å². The van der Waals surface area contributed by atoms with Gasteiger partial charge in [0.1, 0.15) is 5.54 Å². The molecule has 0 saturated heterocycles. The van der Waals surface area contributed by atoms with E-state index < -0.39 is 41.3 Å². The van der Waals surface area contributed by atoms with Gasteiger partial charge < -0.3 is 10.1 Å². The molecule has 0 bridgehead atoms. The number of nitrogens with one attached hydrogen (secondary N) is 1. The summed E-state index contributed by atoms with van der Waals surface area (Å²) >= 11 is 0. The van der Waals surface area contributed by atoms with Crippen LogP contribution >= 0.6 is 0 Å². The summed E-state index contributed by atoms with van der Waals surface area (Å²) in [7, 11) is 0. The largest absolute Gasteiger partial charge is 0.452 e. The number of amides is 1. The number of halogens is 3. The van der Waals surface area contributed by atoms with Gasteiger partial charge in [0.15, 0.2) is 6.61 Å². The molecule has 0 aliphatic rings. The zero-order chi connectivity index (χ0) is 18.5. The fourth-order valence-electron chi connectivity index (χ4n) is 1.74. The summed E-state index contributed by atoms with van der Waals surface area (Å²) in [5, 5.41) is 11.5. The Morgan fingerprint density at radius 2 is 1.88 bits per heavy atom. The van der Waals surface area contributed by atoms with Gasteiger partial charge in [-0.1, -0.05) is 26.0 Å². The molecule has 0 aliphatic heterocycles. The molecule has 24 heavy (non-hydrogen) atoms. The summed E-state index contributed by atoms with van der Waals surface area (Å²) in [5.41, 5.74) is -2.99. The van der Waals surface area contributed by atoms with Crippen molar-refractivity contribution >= 4 is 11.9 Å². The molecule has 0 aliphatic carbocycles. The van der Waals surface area contributed by atoms with Crippen LogP contribution in [-0.4, -0.2) is 24.0 Å². The molecule has 0 aromatic heterocycles. The Labute approximate surface area is 137 Å². The molecule has 1 aromatic carbocycles. The van der Waals surface area contributed by atoms with Crippen molar-refractivity contribution in [3.63, 3.8) is 0 Å². The zero-order valence-corrected chi connectivity index (χ0v) is 13.4. The van der Waals surface area contributed by atoms with E-state index in [0.29, 0.717) is 0 Å². The van der Waals surface area contributed by atoms with E-state index in [4.69, 9.17) is 5.26 Å². The number of carbonyl (C=O) groups is 2. The van der Waals surface area contributed by atoms with Gasteiger partial charge in [0.25, 0.3) is 5.91 Å². The van der Waals surface area contributed by atoms with Gasteiger partial charge in [-0.3, -0.25) is 4.79 Å². The van der Waals surface area contributed by atoms with E-state index in [2.05, 4.69) is 10.1 Å². The second kappa shape index (κ2) is 7.34. The molecular formula is C16H17F3N2O3. The minimum Gasteiger partial charge on any atom is -0.452 e. The van der Waals surface area contributed by atoms with Crippen LogP contribution in [0.5, 0.6) is 0 Å². The minimum atomic E-state index is -4.71. The SMILES string of the molecule is CC(C)[C@](C)(C#N)NC(=O)COC(=O)c1ccccc1C(F)(F)F. The highest BCUT2D eigenvalue weighted by atomic mass is 19.4. The number of benzene rings is 1. The molecule has 5 nitrogen and oxygen atoms in total. The topological polar surface area (TPSA) is 79.2 Å². The lowest BCUT2D eigenvalue weighted by Crippen LogP contribution is -2.50. The molecule has 0 saturated carbocycles. The van der Waals surface area contributed by atoms with Crippen LogP contribution in [-0.2, 0) is 15.7 Å². The van der Waals surface area contributed by atoms with Crippen LogP contribution in [0.15, 0.2) is 24.3 Å². The van der Waals surface area contributed by atoms with Crippen LogP contribution in [0.4, 0.5) is 13.2 Å². The van der Waals surface area contributed by atoms with Gasteiger partial charge in [-0.15, -0.1) is 0 Å². The fraction of sp³-hybridized carbons (Fsp3) is 0.438. The molecule has 0 radical (unpaired) electrons. The summed E-state index contributed by atoms with van der Waals surface area (Å²) in [6, 6.07) is 6.06. The first-order valence-electron chi connectivity index (χ1n) is 7.07. The van der Waals surface area contributed by atoms with Crippen molar-refractivity contribution in [3.8, 4) is 6.07 Å². The van der Waals surface area contributed by atoms with Crippen LogP contribution in [0.1, 0.15) is 36.7 Å². The van der Waals surface area contributed by atoms with Crippen molar-refractivity contribution in [2.24, 2.45) is 5.92 Å². The number of carbonyl (C=O) groups excluding carboxylic acids is 2. The maximum atomic E-state index is 12.8. The molecule has 130 valence electrons. The lowest BCUT2D eigenvalue weighted by molar-refractivity contribution is -0.138. The van der Waals surface area contributed by atoms with Crippen LogP contribution in [0.25, 0.3) is 0 Å². The number of hydrogen-bond acceptors (Lipinski definition) is 4. The summed E-state index contributed by atoms with van der Waals surface area (Å²) in [4.78, 5) is 23.6. The number of ether oxygens (including phenoxy) is 1. The normalized spacial score (nSPS) is 13.8. The van der Waals surface area contributed by atoms with E-state index >= 15 is 0 Å².